The van der Waals surface area contributed by atoms with Crippen LogP contribution in [0.5, 0.6) is 0 Å². The second-order valence-electron chi connectivity index (χ2n) is 10.4. The Morgan fingerprint density at radius 3 is 1.75 bits per heavy atom. The lowest BCUT2D eigenvalue weighted by Gasteiger charge is -2.26. The first-order valence-corrected chi connectivity index (χ1v) is 10.9. The van der Waals surface area contributed by atoms with Crippen LogP contribution >= 0.6 is 0 Å². The fourth-order valence-electron chi connectivity index (χ4n) is 4.06. The van der Waals surface area contributed by atoms with Gasteiger partial charge < -0.3 is 0 Å². The van der Waals surface area contributed by atoms with Gasteiger partial charge in [-0.15, -0.1) is 0 Å². The van der Waals surface area contributed by atoms with Gasteiger partial charge in [-0.2, -0.15) is 0 Å². The summed E-state index contributed by atoms with van der Waals surface area (Å²) in [5.74, 6) is 1.60. The van der Waals surface area contributed by atoms with Crippen LogP contribution in [0.25, 0.3) is 17.2 Å². The van der Waals surface area contributed by atoms with E-state index in [9.17, 15) is 0 Å². The zero-order chi connectivity index (χ0) is 20.8. The molecule has 1 aliphatic rings. The molecule has 0 N–H and O–H groups in total. The predicted octanol–water partition coefficient (Wildman–Crippen LogP) is 8.50. The van der Waals surface area contributed by atoms with Crippen LogP contribution < -0.4 is 0 Å². The van der Waals surface area contributed by atoms with Gasteiger partial charge in [0.1, 0.15) is 0 Å². The highest BCUT2D eigenvalue weighted by Gasteiger charge is 2.26. The number of benzene rings is 2. The molecule has 2 aromatic rings. The SMILES string of the molecule is CC(C)C1=Cc2c(ccc(C(C)(C)C)c2-c2cc(C(C)C)cc(C(C)C)c2)[CH]1. The van der Waals surface area contributed by atoms with Gasteiger partial charge in [0.05, 0.1) is 0 Å². The first-order chi connectivity index (χ1) is 13.0. The fraction of sp³-hybridized carbons (Fsp3) is 0.464. The summed E-state index contributed by atoms with van der Waals surface area (Å²) in [7, 11) is 0. The molecule has 0 aliphatic heterocycles. The molecule has 0 aromatic heterocycles. The van der Waals surface area contributed by atoms with Crippen molar-refractivity contribution in [2.75, 3.05) is 0 Å². The molecule has 0 saturated carbocycles. The van der Waals surface area contributed by atoms with Crippen molar-refractivity contribution in [3.8, 4) is 11.1 Å². The van der Waals surface area contributed by atoms with Crippen LogP contribution in [0.15, 0.2) is 35.9 Å². The van der Waals surface area contributed by atoms with Crippen LogP contribution in [0, 0.1) is 12.3 Å². The van der Waals surface area contributed by atoms with Gasteiger partial charge in [0.25, 0.3) is 0 Å². The lowest BCUT2D eigenvalue weighted by molar-refractivity contribution is 0.592. The third kappa shape index (κ3) is 3.97. The molecule has 28 heavy (non-hydrogen) atoms. The molecule has 0 heterocycles. The van der Waals surface area contributed by atoms with Gasteiger partial charge in [0, 0.05) is 6.42 Å². The van der Waals surface area contributed by atoms with Crippen LogP contribution in [-0.2, 0) is 5.41 Å². The Hall–Kier alpha value is -1.82. The molecule has 1 aliphatic carbocycles. The standard InChI is InChI=1S/C28H37/c1-17(2)21-13-22(18(3)4)15-24(14-21)27-25-16-23(19(5)6)12-20(25)10-11-26(27)28(7,8)9/h10-19H,1-9H3. The van der Waals surface area contributed by atoms with E-state index >= 15 is 0 Å². The maximum absolute atomic E-state index is 2.43. The molecule has 2 aromatic carbocycles. The zero-order valence-corrected chi connectivity index (χ0v) is 19.3. The molecule has 3 rings (SSSR count). The van der Waals surface area contributed by atoms with Crippen LogP contribution in [0.2, 0.25) is 0 Å². The van der Waals surface area contributed by atoms with E-state index in [1.165, 1.54) is 44.5 Å². The van der Waals surface area contributed by atoms with E-state index in [0.717, 1.165) is 0 Å². The van der Waals surface area contributed by atoms with E-state index in [-0.39, 0.29) is 5.41 Å². The maximum atomic E-state index is 2.43. The maximum Gasteiger partial charge on any atom is 0.0167 e. The van der Waals surface area contributed by atoms with Gasteiger partial charge in [-0.25, -0.2) is 0 Å². The van der Waals surface area contributed by atoms with Crippen molar-refractivity contribution in [2.24, 2.45) is 5.92 Å². The van der Waals surface area contributed by atoms with Crippen molar-refractivity contribution in [2.45, 2.75) is 79.6 Å². The zero-order valence-electron chi connectivity index (χ0n) is 19.3. The minimum Gasteiger partial charge on any atom is -0.0590 e. The van der Waals surface area contributed by atoms with Crippen molar-refractivity contribution in [3.05, 3.63) is 70.1 Å². The molecule has 149 valence electrons. The lowest BCUT2D eigenvalue weighted by Crippen LogP contribution is -2.14. The number of rotatable bonds is 4. The number of fused-ring (bicyclic) bond motifs is 1. The lowest BCUT2D eigenvalue weighted by atomic mass is 9.78. The summed E-state index contributed by atoms with van der Waals surface area (Å²) in [4.78, 5) is 0. The molecular weight excluding hydrogens is 336 g/mol. The smallest absolute Gasteiger partial charge is 0.0167 e. The van der Waals surface area contributed by atoms with E-state index in [2.05, 4.69) is 105 Å². The van der Waals surface area contributed by atoms with Crippen molar-refractivity contribution in [3.63, 3.8) is 0 Å². The summed E-state index contributed by atoms with van der Waals surface area (Å²) in [5.41, 5.74) is 11.4. The monoisotopic (exact) mass is 373 g/mol. The average Bonchev–Trinajstić information content (AvgIpc) is 3.04. The Kier molecular flexibility index (Phi) is 5.63. The van der Waals surface area contributed by atoms with Gasteiger partial charge >= 0.3 is 0 Å². The summed E-state index contributed by atoms with van der Waals surface area (Å²) in [6.45, 7) is 20.8. The Morgan fingerprint density at radius 2 is 1.29 bits per heavy atom. The largest absolute Gasteiger partial charge is 0.0590 e. The minimum absolute atomic E-state index is 0.102. The number of hydrogen-bond acceptors (Lipinski definition) is 0. The number of hydrogen-bond donors (Lipinski definition) is 0. The van der Waals surface area contributed by atoms with Crippen molar-refractivity contribution >= 4 is 6.08 Å². The topological polar surface area (TPSA) is 0 Å². The molecule has 0 nitrogen and oxygen atoms in total. The summed E-state index contributed by atoms with van der Waals surface area (Å²) < 4.78 is 0. The third-order valence-corrected chi connectivity index (χ3v) is 5.99. The average molecular weight is 374 g/mol. The summed E-state index contributed by atoms with van der Waals surface area (Å²) in [6, 6.07) is 11.9. The van der Waals surface area contributed by atoms with E-state index in [1.54, 1.807) is 0 Å². The molecule has 0 saturated heterocycles. The predicted molar refractivity (Wildman–Crippen MR) is 125 cm³/mol. The normalized spacial score (nSPS) is 14.2. The Balaban J connectivity index is 2.34. The van der Waals surface area contributed by atoms with Gasteiger partial charge in [-0.3, -0.25) is 0 Å². The highest BCUT2D eigenvalue weighted by atomic mass is 14.3. The molecular formula is C28H37. The van der Waals surface area contributed by atoms with Gasteiger partial charge in [0.2, 0.25) is 0 Å². The van der Waals surface area contributed by atoms with Crippen LogP contribution in [0.1, 0.15) is 102 Å². The molecule has 1 radical (unpaired) electrons. The van der Waals surface area contributed by atoms with Crippen LogP contribution in [-0.4, -0.2) is 0 Å². The van der Waals surface area contributed by atoms with Crippen LogP contribution in [0.4, 0.5) is 0 Å². The Bertz CT molecular complexity index is 872. The number of allylic oxidation sites excluding steroid dienone is 1. The Labute approximate surface area is 173 Å². The van der Waals surface area contributed by atoms with E-state index in [4.69, 9.17) is 0 Å². The molecule has 0 heteroatoms. The van der Waals surface area contributed by atoms with Crippen molar-refractivity contribution in [1.82, 2.24) is 0 Å². The minimum atomic E-state index is 0.102. The molecule has 0 atom stereocenters. The van der Waals surface area contributed by atoms with Crippen LogP contribution in [0.3, 0.4) is 0 Å². The second-order valence-corrected chi connectivity index (χ2v) is 10.4. The van der Waals surface area contributed by atoms with E-state index in [0.29, 0.717) is 17.8 Å². The summed E-state index contributed by atoms with van der Waals surface area (Å²) >= 11 is 0. The van der Waals surface area contributed by atoms with Gasteiger partial charge in [-0.05, 0) is 62.1 Å². The molecule has 0 unspecified atom stereocenters. The molecule has 0 bridgehead atoms. The fourth-order valence-corrected chi connectivity index (χ4v) is 4.06. The summed E-state index contributed by atoms with van der Waals surface area (Å²) in [5, 5.41) is 0. The third-order valence-electron chi connectivity index (χ3n) is 5.99. The Morgan fingerprint density at radius 1 is 0.714 bits per heavy atom. The molecule has 0 spiro atoms. The second kappa shape index (κ2) is 7.54. The first kappa shape index (κ1) is 20.9. The van der Waals surface area contributed by atoms with Gasteiger partial charge in [0.15, 0.2) is 0 Å². The summed E-state index contributed by atoms with van der Waals surface area (Å²) in [6.07, 6.45) is 4.81. The van der Waals surface area contributed by atoms with Crippen molar-refractivity contribution in [1.29, 1.82) is 0 Å². The quantitative estimate of drug-likeness (QED) is 0.504. The molecule has 0 fully saturated rings. The first-order valence-electron chi connectivity index (χ1n) is 10.9. The van der Waals surface area contributed by atoms with E-state index < -0.39 is 0 Å². The highest BCUT2D eigenvalue weighted by molar-refractivity contribution is 5.86. The van der Waals surface area contributed by atoms with E-state index in [1.807, 2.05) is 0 Å². The molecule has 0 amide bonds. The highest BCUT2D eigenvalue weighted by Crippen LogP contribution is 2.44. The van der Waals surface area contributed by atoms with Crippen molar-refractivity contribution < 1.29 is 0 Å². The van der Waals surface area contributed by atoms with Gasteiger partial charge in [-0.1, -0.05) is 104 Å².